The summed E-state index contributed by atoms with van der Waals surface area (Å²) in [6.45, 7) is 1.54. The van der Waals surface area contributed by atoms with Gasteiger partial charge in [-0.2, -0.15) is 0 Å². The molecular weight excluding hydrogens is 246 g/mol. The van der Waals surface area contributed by atoms with E-state index in [2.05, 4.69) is 15.5 Å². The van der Waals surface area contributed by atoms with Crippen molar-refractivity contribution in [3.05, 3.63) is 24.3 Å². The fourth-order valence-corrected chi connectivity index (χ4v) is 1.67. The van der Waals surface area contributed by atoms with Gasteiger partial charge in [-0.1, -0.05) is 12.1 Å². The maximum Gasteiger partial charge on any atom is 0.328 e. The predicted octanol–water partition coefficient (Wildman–Crippen LogP) is 1.05. The van der Waals surface area contributed by atoms with Gasteiger partial charge < -0.3 is 10.0 Å². The molecule has 2 aromatic rings. The van der Waals surface area contributed by atoms with Crippen LogP contribution >= 0.6 is 0 Å². The summed E-state index contributed by atoms with van der Waals surface area (Å²) in [5.41, 5.74) is 1.78. The van der Waals surface area contributed by atoms with Gasteiger partial charge in [0.1, 0.15) is 0 Å². The van der Waals surface area contributed by atoms with Gasteiger partial charge in [-0.3, -0.25) is 0 Å². The summed E-state index contributed by atoms with van der Waals surface area (Å²) in [5, 5.41) is 20.3. The minimum atomic E-state index is -0.975. The minimum absolute atomic E-state index is 0.443. The van der Waals surface area contributed by atoms with Crippen LogP contribution in [0.3, 0.4) is 0 Å². The van der Waals surface area contributed by atoms with E-state index in [0.717, 1.165) is 11.3 Å². The molecule has 1 atom stereocenters. The zero-order valence-electron chi connectivity index (χ0n) is 11.0. The summed E-state index contributed by atoms with van der Waals surface area (Å²) < 4.78 is 1.30. The van der Waals surface area contributed by atoms with Crippen molar-refractivity contribution in [2.45, 2.75) is 13.0 Å². The van der Waals surface area contributed by atoms with Crippen LogP contribution in [0.4, 0.5) is 5.69 Å². The van der Waals surface area contributed by atoms with Gasteiger partial charge in [0.15, 0.2) is 11.9 Å². The summed E-state index contributed by atoms with van der Waals surface area (Å²) in [6, 6.07) is 6.79. The Morgan fingerprint density at radius 2 is 2.16 bits per heavy atom. The van der Waals surface area contributed by atoms with Crippen LogP contribution in [0.5, 0.6) is 0 Å². The molecule has 0 radical (unpaired) electrons. The molecule has 0 aliphatic carbocycles. The van der Waals surface area contributed by atoms with E-state index in [0.29, 0.717) is 5.82 Å². The first-order chi connectivity index (χ1) is 9.00. The quantitative estimate of drug-likeness (QED) is 0.885. The number of hydrogen-bond donors (Lipinski definition) is 1. The molecule has 1 unspecified atom stereocenters. The Balaban J connectivity index is 2.45. The van der Waals surface area contributed by atoms with Gasteiger partial charge in [0.2, 0.25) is 0 Å². The van der Waals surface area contributed by atoms with Gasteiger partial charge in [0, 0.05) is 25.3 Å². The first-order valence-corrected chi connectivity index (χ1v) is 5.79. The number of benzene rings is 1. The molecular formula is C12H15N5O2. The van der Waals surface area contributed by atoms with E-state index in [-0.39, 0.29) is 0 Å². The standard InChI is InChI=1S/C12H15N5O2/c1-8(12(18)19)17-11(13-14-15-17)9-5-4-6-10(7-9)16(2)3/h4-8H,1-3H3,(H,18,19). The SMILES string of the molecule is CC(C(=O)O)n1nnnc1-c1cccc(N(C)C)c1. The van der Waals surface area contributed by atoms with Crippen molar-refractivity contribution in [3.8, 4) is 11.4 Å². The average molecular weight is 261 g/mol. The van der Waals surface area contributed by atoms with E-state index in [1.165, 1.54) is 11.6 Å². The van der Waals surface area contributed by atoms with Crippen LogP contribution in [0.15, 0.2) is 24.3 Å². The largest absolute Gasteiger partial charge is 0.480 e. The first kappa shape index (κ1) is 13.0. The number of carboxylic acids is 1. The van der Waals surface area contributed by atoms with E-state index < -0.39 is 12.0 Å². The Hall–Kier alpha value is -2.44. The number of anilines is 1. The van der Waals surface area contributed by atoms with Crippen LogP contribution in [0.2, 0.25) is 0 Å². The summed E-state index contributed by atoms with van der Waals surface area (Å²) in [6.07, 6.45) is 0. The maximum absolute atomic E-state index is 11.0. The molecule has 2 rings (SSSR count). The molecule has 7 nitrogen and oxygen atoms in total. The van der Waals surface area contributed by atoms with Crippen LogP contribution in [-0.4, -0.2) is 45.4 Å². The van der Waals surface area contributed by atoms with Crippen LogP contribution in [0, 0.1) is 0 Å². The lowest BCUT2D eigenvalue weighted by Gasteiger charge is -2.14. The Morgan fingerprint density at radius 1 is 1.42 bits per heavy atom. The molecule has 0 fully saturated rings. The summed E-state index contributed by atoms with van der Waals surface area (Å²) in [7, 11) is 3.87. The number of hydrogen-bond acceptors (Lipinski definition) is 5. The number of carboxylic acid groups (broad SMARTS) is 1. The van der Waals surface area contributed by atoms with Crippen molar-refractivity contribution in [2.24, 2.45) is 0 Å². The first-order valence-electron chi connectivity index (χ1n) is 5.79. The second-order valence-electron chi connectivity index (χ2n) is 4.41. The number of carbonyl (C=O) groups is 1. The lowest BCUT2D eigenvalue weighted by atomic mass is 10.1. The second kappa shape index (κ2) is 5.05. The fourth-order valence-electron chi connectivity index (χ4n) is 1.67. The van der Waals surface area contributed by atoms with Crippen LogP contribution in [0.1, 0.15) is 13.0 Å². The molecule has 0 saturated carbocycles. The van der Waals surface area contributed by atoms with Gasteiger partial charge in [0.05, 0.1) is 0 Å². The highest BCUT2D eigenvalue weighted by Crippen LogP contribution is 2.23. The summed E-state index contributed by atoms with van der Waals surface area (Å²) in [4.78, 5) is 13.0. The molecule has 19 heavy (non-hydrogen) atoms. The zero-order valence-corrected chi connectivity index (χ0v) is 11.0. The van der Waals surface area contributed by atoms with Gasteiger partial charge in [-0.15, -0.1) is 5.10 Å². The number of nitrogens with zero attached hydrogens (tertiary/aromatic N) is 5. The molecule has 1 aromatic carbocycles. The number of aliphatic carboxylic acids is 1. The molecule has 100 valence electrons. The van der Waals surface area contributed by atoms with E-state index in [9.17, 15) is 4.79 Å². The third-order valence-electron chi connectivity index (χ3n) is 2.84. The lowest BCUT2D eigenvalue weighted by Crippen LogP contribution is -2.18. The van der Waals surface area contributed by atoms with E-state index in [1.54, 1.807) is 0 Å². The van der Waals surface area contributed by atoms with Crippen LogP contribution < -0.4 is 4.90 Å². The molecule has 1 aromatic heterocycles. The minimum Gasteiger partial charge on any atom is -0.480 e. The third-order valence-corrected chi connectivity index (χ3v) is 2.84. The van der Waals surface area contributed by atoms with E-state index in [1.807, 2.05) is 43.3 Å². The molecule has 1 N–H and O–H groups in total. The monoisotopic (exact) mass is 261 g/mol. The van der Waals surface area contributed by atoms with Gasteiger partial charge in [0.25, 0.3) is 0 Å². The number of aromatic nitrogens is 4. The highest BCUT2D eigenvalue weighted by atomic mass is 16.4. The molecule has 1 heterocycles. The van der Waals surface area contributed by atoms with E-state index in [4.69, 9.17) is 5.11 Å². The van der Waals surface area contributed by atoms with Crippen LogP contribution in [-0.2, 0) is 4.79 Å². The second-order valence-corrected chi connectivity index (χ2v) is 4.41. The molecule has 0 aliphatic rings. The lowest BCUT2D eigenvalue weighted by molar-refractivity contribution is -0.140. The molecule has 0 spiro atoms. The molecule has 0 amide bonds. The normalized spacial score (nSPS) is 12.2. The molecule has 0 aliphatic heterocycles. The highest BCUT2D eigenvalue weighted by molar-refractivity contribution is 5.72. The van der Waals surface area contributed by atoms with Crippen molar-refractivity contribution in [2.75, 3.05) is 19.0 Å². The van der Waals surface area contributed by atoms with Crippen molar-refractivity contribution >= 4 is 11.7 Å². The smallest absolute Gasteiger partial charge is 0.328 e. The van der Waals surface area contributed by atoms with Crippen LogP contribution in [0.25, 0.3) is 11.4 Å². The average Bonchev–Trinajstić information content (AvgIpc) is 2.86. The Morgan fingerprint density at radius 3 is 2.79 bits per heavy atom. The summed E-state index contributed by atoms with van der Waals surface area (Å²) >= 11 is 0. The number of rotatable bonds is 4. The summed E-state index contributed by atoms with van der Waals surface area (Å²) in [5.74, 6) is -0.532. The topological polar surface area (TPSA) is 84.1 Å². The Labute approximate surface area is 110 Å². The third kappa shape index (κ3) is 2.54. The Bertz CT molecular complexity index is 593. The highest BCUT2D eigenvalue weighted by Gasteiger charge is 2.20. The zero-order chi connectivity index (χ0) is 14.0. The Kier molecular flexibility index (Phi) is 3.46. The van der Waals surface area contributed by atoms with Crippen molar-refractivity contribution in [1.82, 2.24) is 20.2 Å². The van der Waals surface area contributed by atoms with Gasteiger partial charge in [-0.05, 0) is 29.5 Å². The van der Waals surface area contributed by atoms with Gasteiger partial charge >= 0.3 is 5.97 Å². The van der Waals surface area contributed by atoms with Crippen molar-refractivity contribution in [3.63, 3.8) is 0 Å². The van der Waals surface area contributed by atoms with E-state index >= 15 is 0 Å². The van der Waals surface area contributed by atoms with Crippen molar-refractivity contribution in [1.29, 1.82) is 0 Å². The number of tetrazole rings is 1. The molecule has 0 bridgehead atoms. The molecule has 7 heteroatoms. The fraction of sp³-hybridized carbons (Fsp3) is 0.333. The maximum atomic E-state index is 11.0. The molecule has 0 saturated heterocycles. The van der Waals surface area contributed by atoms with Gasteiger partial charge in [-0.25, -0.2) is 9.48 Å². The van der Waals surface area contributed by atoms with Crippen molar-refractivity contribution < 1.29 is 9.90 Å². The predicted molar refractivity (Wildman–Crippen MR) is 69.9 cm³/mol.